The number of hydrogen-bond acceptors (Lipinski definition) is 3. The van der Waals surface area contributed by atoms with Crippen molar-refractivity contribution in [2.75, 3.05) is 26.8 Å². The molecule has 0 heterocycles. The van der Waals surface area contributed by atoms with Crippen molar-refractivity contribution in [3.63, 3.8) is 0 Å². The molecule has 0 aromatic rings. The van der Waals surface area contributed by atoms with E-state index >= 15 is 0 Å². The number of nitrogens with zero attached hydrogens (tertiary/aromatic N) is 1. The topological polar surface area (TPSA) is 58.6 Å². The zero-order chi connectivity index (χ0) is 14.0. The first-order valence-corrected chi connectivity index (χ1v) is 6.55. The van der Waals surface area contributed by atoms with E-state index in [9.17, 15) is 9.59 Å². The third-order valence-electron chi connectivity index (χ3n) is 2.95. The molecule has 1 N–H and O–H groups in total. The maximum Gasteiger partial charge on any atom is 0.221 e. The zero-order valence-corrected chi connectivity index (χ0v) is 12.0. The molecule has 1 atom stereocenters. The Balaban J connectivity index is 3.89. The second-order valence-corrected chi connectivity index (χ2v) is 4.42. The van der Waals surface area contributed by atoms with Gasteiger partial charge < -0.3 is 15.0 Å². The van der Waals surface area contributed by atoms with Crippen LogP contribution in [0.25, 0.3) is 0 Å². The normalized spacial score (nSPS) is 12.0. The lowest BCUT2D eigenvalue weighted by atomic mass is 10.2. The highest BCUT2D eigenvalue weighted by Crippen LogP contribution is 2.04. The van der Waals surface area contributed by atoms with Gasteiger partial charge in [0, 0.05) is 46.2 Å². The Hall–Kier alpha value is -1.10. The molecule has 18 heavy (non-hydrogen) atoms. The van der Waals surface area contributed by atoms with Crippen molar-refractivity contribution >= 4 is 11.8 Å². The summed E-state index contributed by atoms with van der Waals surface area (Å²) in [6.07, 6.45) is 2.07. The minimum Gasteiger partial charge on any atom is -0.385 e. The number of hydrogen-bond donors (Lipinski definition) is 1. The van der Waals surface area contributed by atoms with Crippen LogP contribution in [0.15, 0.2) is 0 Å². The van der Waals surface area contributed by atoms with Crippen molar-refractivity contribution < 1.29 is 14.3 Å². The number of amides is 2. The van der Waals surface area contributed by atoms with Crippen LogP contribution in [0.2, 0.25) is 0 Å². The van der Waals surface area contributed by atoms with Crippen LogP contribution < -0.4 is 5.32 Å². The number of carbonyl (C=O) groups is 2. The van der Waals surface area contributed by atoms with Crippen LogP contribution in [0.5, 0.6) is 0 Å². The largest absolute Gasteiger partial charge is 0.385 e. The number of nitrogens with one attached hydrogen (secondary N) is 1. The highest BCUT2D eigenvalue weighted by molar-refractivity contribution is 5.78. The first-order chi connectivity index (χ1) is 8.52. The Morgan fingerprint density at radius 3 is 2.56 bits per heavy atom. The van der Waals surface area contributed by atoms with Gasteiger partial charge in [-0.1, -0.05) is 6.92 Å². The second kappa shape index (κ2) is 9.88. The van der Waals surface area contributed by atoms with E-state index in [0.29, 0.717) is 26.1 Å². The lowest BCUT2D eigenvalue weighted by molar-refractivity contribution is -0.131. The average molecular weight is 258 g/mol. The molecule has 0 spiro atoms. The lowest BCUT2D eigenvalue weighted by Crippen LogP contribution is -2.39. The van der Waals surface area contributed by atoms with E-state index in [2.05, 4.69) is 5.32 Å². The number of ether oxygens (including phenoxy) is 1. The minimum absolute atomic E-state index is 0.0133. The molecule has 5 heteroatoms. The van der Waals surface area contributed by atoms with Gasteiger partial charge in [0.2, 0.25) is 11.8 Å². The maximum absolute atomic E-state index is 11.6. The van der Waals surface area contributed by atoms with E-state index in [1.54, 1.807) is 18.9 Å². The Morgan fingerprint density at radius 2 is 2.06 bits per heavy atom. The van der Waals surface area contributed by atoms with Crippen molar-refractivity contribution in [2.45, 2.75) is 46.1 Å². The van der Waals surface area contributed by atoms with Gasteiger partial charge in [-0.2, -0.15) is 0 Å². The summed E-state index contributed by atoms with van der Waals surface area (Å²) in [6.45, 7) is 7.33. The summed E-state index contributed by atoms with van der Waals surface area (Å²) in [5, 5.41) is 2.81. The number of carbonyl (C=O) groups excluding carboxylic acids is 2. The zero-order valence-electron chi connectivity index (χ0n) is 12.0. The van der Waals surface area contributed by atoms with Crippen molar-refractivity contribution in [2.24, 2.45) is 0 Å². The molecular weight excluding hydrogens is 232 g/mol. The van der Waals surface area contributed by atoms with Crippen LogP contribution in [-0.2, 0) is 14.3 Å². The molecule has 0 aliphatic carbocycles. The van der Waals surface area contributed by atoms with Gasteiger partial charge in [-0.3, -0.25) is 9.59 Å². The highest BCUT2D eigenvalue weighted by Gasteiger charge is 2.15. The Kier molecular flexibility index (Phi) is 9.28. The fourth-order valence-corrected chi connectivity index (χ4v) is 1.66. The van der Waals surface area contributed by atoms with Crippen molar-refractivity contribution in [3.05, 3.63) is 0 Å². The molecule has 0 radical (unpaired) electrons. The molecule has 0 aliphatic heterocycles. The molecule has 0 saturated carbocycles. The molecule has 0 aliphatic rings. The summed E-state index contributed by atoms with van der Waals surface area (Å²) in [6, 6.07) is 0.184. The molecular formula is C13H26N2O3. The van der Waals surface area contributed by atoms with Crippen molar-refractivity contribution in [1.29, 1.82) is 0 Å². The molecule has 106 valence electrons. The van der Waals surface area contributed by atoms with Gasteiger partial charge in [0.25, 0.3) is 0 Å². The summed E-state index contributed by atoms with van der Waals surface area (Å²) in [4.78, 5) is 24.7. The van der Waals surface area contributed by atoms with Crippen LogP contribution >= 0.6 is 0 Å². The van der Waals surface area contributed by atoms with E-state index in [4.69, 9.17) is 4.74 Å². The van der Waals surface area contributed by atoms with Gasteiger partial charge in [0.15, 0.2) is 0 Å². The fourth-order valence-electron chi connectivity index (χ4n) is 1.66. The van der Waals surface area contributed by atoms with E-state index in [-0.39, 0.29) is 17.9 Å². The van der Waals surface area contributed by atoms with Gasteiger partial charge in [-0.05, 0) is 19.8 Å². The van der Waals surface area contributed by atoms with Gasteiger partial charge in [-0.25, -0.2) is 0 Å². The van der Waals surface area contributed by atoms with E-state index < -0.39 is 0 Å². The molecule has 0 aromatic carbocycles. The van der Waals surface area contributed by atoms with Gasteiger partial charge in [0.1, 0.15) is 0 Å². The summed E-state index contributed by atoms with van der Waals surface area (Å²) >= 11 is 0. The highest BCUT2D eigenvalue weighted by atomic mass is 16.5. The standard InChI is InChI=1S/C13H26N2O3/c1-5-11(2)15(12(3)16)9-7-13(17)14-8-6-10-18-4/h11H,5-10H2,1-4H3,(H,14,17). The monoisotopic (exact) mass is 258 g/mol. The summed E-state index contributed by atoms with van der Waals surface area (Å²) < 4.78 is 4.90. The van der Waals surface area contributed by atoms with Crippen LogP contribution in [0.3, 0.4) is 0 Å². The van der Waals surface area contributed by atoms with E-state index in [0.717, 1.165) is 12.8 Å². The second-order valence-electron chi connectivity index (χ2n) is 4.42. The van der Waals surface area contributed by atoms with Crippen LogP contribution in [0, 0.1) is 0 Å². The lowest BCUT2D eigenvalue weighted by Gasteiger charge is -2.27. The predicted octanol–water partition coefficient (Wildman–Crippen LogP) is 1.18. The Bertz CT molecular complexity index is 257. The van der Waals surface area contributed by atoms with E-state index in [1.165, 1.54) is 0 Å². The first-order valence-electron chi connectivity index (χ1n) is 6.55. The van der Waals surface area contributed by atoms with Gasteiger partial charge in [-0.15, -0.1) is 0 Å². The van der Waals surface area contributed by atoms with Gasteiger partial charge in [0.05, 0.1) is 0 Å². The number of rotatable bonds is 9. The van der Waals surface area contributed by atoms with Crippen LogP contribution in [0.4, 0.5) is 0 Å². The molecule has 0 bridgehead atoms. The molecule has 0 fully saturated rings. The smallest absolute Gasteiger partial charge is 0.221 e. The van der Waals surface area contributed by atoms with Crippen molar-refractivity contribution in [3.8, 4) is 0 Å². The number of methoxy groups -OCH3 is 1. The first kappa shape index (κ1) is 16.9. The molecule has 0 rings (SSSR count). The van der Waals surface area contributed by atoms with Gasteiger partial charge >= 0.3 is 0 Å². The average Bonchev–Trinajstić information content (AvgIpc) is 2.34. The summed E-state index contributed by atoms with van der Waals surface area (Å²) in [5.74, 6) is 0.0113. The molecule has 0 aromatic heterocycles. The predicted molar refractivity (Wildman–Crippen MR) is 71.3 cm³/mol. The SMILES string of the molecule is CCC(C)N(CCC(=O)NCCCOC)C(C)=O. The Morgan fingerprint density at radius 1 is 1.39 bits per heavy atom. The molecule has 1 unspecified atom stereocenters. The quantitative estimate of drug-likeness (QED) is 0.632. The minimum atomic E-state index is -0.0133. The molecule has 0 saturated heterocycles. The van der Waals surface area contributed by atoms with Crippen molar-refractivity contribution in [1.82, 2.24) is 10.2 Å². The van der Waals surface area contributed by atoms with Crippen LogP contribution in [-0.4, -0.2) is 49.6 Å². The third-order valence-corrected chi connectivity index (χ3v) is 2.95. The fraction of sp³-hybridized carbons (Fsp3) is 0.846. The molecule has 2 amide bonds. The van der Waals surface area contributed by atoms with E-state index in [1.807, 2.05) is 13.8 Å². The maximum atomic E-state index is 11.6. The van der Waals surface area contributed by atoms with Crippen LogP contribution in [0.1, 0.15) is 40.0 Å². The Labute approximate surface area is 110 Å². The molecule has 5 nitrogen and oxygen atoms in total. The summed E-state index contributed by atoms with van der Waals surface area (Å²) in [7, 11) is 1.64. The summed E-state index contributed by atoms with van der Waals surface area (Å²) in [5.41, 5.74) is 0. The third kappa shape index (κ3) is 7.27.